The molecule has 0 atom stereocenters. The van der Waals surface area contributed by atoms with Crippen molar-refractivity contribution in [3.8, 4) is 11.6 Å². The first-order chi connectivity index (χ1) is 10.3. The zero-order chi connectivity index (χ0) is 15.9. The smallest absolute Gasteiger partial charge is 0.416 e. The third-order valence-corrected chi connectivity index (χ3v) is 3.81. The zero-order valence-corrected chi connectivity index (χ0v) is 12.3. The van der Waals surface area contributed by atoms with Gasteiger partial charge in [-0.3, -0.25) is 0 Å². The molecule has 0 unspecified atom stereocenters. The summed E-state index contributed by atoms with van der Waals surface area (Å²) in [5.74, 6) is 0.275. The van der Waals surface area contributed by atoms with Crippen LogP contribution in [0.25, 0.3) is 10.3 Å². The lowest BCUT2D eigenvalue weighted by Crippen LogP contribution is -2.04. The van der Waals surface area contributed by atoms with Crippen LogP contribution in [0.15, 0.2) is 30.3 Å². The molecule has 2 N–H and O–H groups in total. The Morgan fingerprint density at radius 1 is 1.14 bits per heavy atom. The summed E-state index contributed by atoms with van der Waals surface area (Å²) in [6.07, 6.45) is -4.46. The first-order valence-corrected chi connectivity index (χ1v) is 7.10. The van der Waals surface area contributed by atoms with Crippen molar-refractivity contribution >= 4 is 38.4 Å². The third-order valence-electron chi connectivity index (χ3n) is 2.72. The second kappa shape index (κ2) is 5.29. The number of halogens is 4. The van der Waals surface area contributed by atoms with Crippen LogP contribution in [0.1, 0.15) is 5.56 Å². The van der Waals surface area contributed by atoms with Crippen LogP contribution < -0.4 is 10.5 Å². The fraction of sp³-hybridized carbons (Fsp3) is 0.0769. The number of fused-ring (bicyclic) bond motifs is 1. The summed E-state index contributed by atoms with van der Waals surface area (Å²) < 4.78 is 43.1. The molecule has 0 aliphatic carbocycles. The van der Waals surface area contributed by atoms with Crippen LogP contribution in [0.3, 0.4) is 0 Å². The van der Waals surface area contributed by atoms with E-state index in [9.17, 15) is 13.2 Å². The van der Waals surface area contributed by atoms with E-state index >= 15 is 0 Å². The van der Waals surface area contributed by atoms with Crippen molar-refractivity contribution in [2.24, 2.45) is 0 Å². The molecule has 0 radical (unpaired) electrons. The Kier molecular flexibility index (Phi) is 3.57. The Morgan fingerprint density at radius 2 is 1.91 bits per heavy atom. The van der Waals surface area contributed by atoms with E-state index in [4.69, 9.17) is 22.1 Å². The minimum Gasteiger partial charge on any atom is -0.437 e. The Labute approximate surface area is 131 Å². The first-order valence-electron chi connectivity index (χ1n) is 5.90. The zero-order valence-electron chi connectivity index (χ0n) is 10.7. The molecule has 0 spiro atoms. The van der Waals surface area contributed by atoms with E-state index in [1.807, 2.05) is 0 Å². The van der Waals surface area contributed by atoms with Gasteiger partial charge in [0.15, 0.2) is 5.13 Å². The Balaban J connectivity index is 1.91. The first kappa shape index (κ1) is 14.9. The summed E-state index contributed by atoms with van der Waals surface area (Å²) in [6.45, 7) is 0. The van der Waals surface area contributed by atoms with Gasteiger partial charge in [-0.05, 0) is 24.3 Å². The predicted molar refractivity (Wildman–Crippen MR) is 78.4 cm³/mol. The lowest BCUT2D eigenvalue weighted by Gasteiger charge is -2.10. The fourth-order valence-electron chi connectivity index (χ4n) is 1.75. The SMILES string of the molecule is Nc1nc2ccc(Oc3ccc(C(F)(F)F)cc3Cl)nc2s1. The normalized spacial score (nSPS) is 11.8. The molecule has 3 rings (SSSR count). The highest BCUT2D eigenvalue weighted by atomic mass is 35.5. The van der Waals surface area contributed by atoms with Crippen LogP contribution in [0.4, 0.5) is 18.3 Å². The summed E-state index contributed by atoms with van der Waals surface area (Å²) >= 11 is 7.01. The number of pyridine rings is 1. The van der Waals surface area contributed by atoms with Gasteiger partial charge in [0, 0.05) is 6.07 Å². The monoisotopic (exact) mass is 345 g/mol. The number of rotatable bonds is 2. The van der Waals surface area contributed by atoms with Crippen LogP contribution >= 0.6 is 22.9 Å². The van der Waals surface area contributed by atoms with E-state index in [1.165, 1.54) is 17.4 Å². The van der Waals surface area contributed by atoms with Gasteiger partial charge in [0.05, 0.1) is 10.6 Å². The molecule has 9 heteroatoms. The fourth-order valence-corrected chi connectivity index (χ4v) is 2.66. The predicted octanol–water partition coefficient (Wildman–Crippen LogP) is 4.74. The standard InChI is InChI=1S/C13H7ClF3N3OS/c14-7-5-6(13(15,16)17)1-3-9(7)21-10-4-2-8-11(20-10)22-12(18)19-8/h1-5H,(H2,18,19). The maximum atomic E-state index is 12.6. The van der Waals surface area contributed by atoms with Gasteiger partial charge in [-0.1, -0.05) is 22.9 Å². The maximum Gasteiger partial charge on any atom is 0.416 e. The summed E-state index contributed by atoms with van der Waals surface area (Å²) in [5.41, 5.74) is 5.35. The Morgan fingerprint density at radius 3 is 2.59 bits per heavy atom. The minimum atomic E-state index is -4.46. The highest BCUT2D eigenvalue weighted by Crippen LogP contribution is 2.36. The molecular formula is C13H7ClF3N3OS. The number of benzene rings is 1. The summed E-state index contributed by atoms with van der Waals surface area (Å²) in [6, 6.07) is 6.04. The molecule has 2 heterocycles. The van der Waals surface area contributed by atoms with E-state index in [1.54, 1.807) is 6.07 Å². The average molecular weight is 346 g/mol. The van der Waals surface area contributed by atoms with Crippen LogP contribution in [-0.4, -0.2) is 9.97 Å². The van der Waals surface area contributed by atoms with Crippen LogP contribution in [0, 0.1) is 0 Å². The minimum absolute atomic E-state index is 0.0824. The van der Waals surface area contributed by atoms with E-state index in [0.717, 1.165) is 18.2 Å². The second-order valence-corrected chi connectivity index (χ2v) is 5.69. The van der Waals surface area contributed by atoms with Crippen molar-refractivity contribution in [1.29, 1.82) is 0 Å². The van der Waals surface area contributed by atoms with Gasteiger partial charge in [-0.25, -0.2) is 9.97 Å². The number of ether oxygens (including phenoxy) is 1. The number of hydrogen-bond donors (Lipinski definition) is 1. The van der Waals surface area contributed by atoms with Crippen LogP contribution in [0.2, 0.25) is 5.02 Å². The average Bonchev–Trinajstić information content (AvgIpc) is 2.79. The van der Waals surface area contributed by atoms with E-state index in [0.29, 0.717) is 15.5 Å². The number of alkyl halides is 3. The topological polar surface area (TPSA) is 61.0 Å². The molecule has 0 bridgehead atoms. The van der Waals surface area contributed by atoms with Gasteiger partial charge in [-0.2, -0.15) is 13.2 Å². The summed E-state index contributed by atoms with van der Waals surface area (Å²) in [5, 5.41) is 0.216. The number of hydrogen-bond acceptors (Lipinski definition) is 5. The van der Waals surface area contributed by atoms with E-state index in [-0.39, 0.29) is 16.7 Å². The number of nitrogens with two attached hydrogens (primary N) is 1. The number of aromatic nitrogens is 2. The van der Waals surface area contributed by atoms with Crippen molar-refractivity contribution in [2.75, 3.05) is 5.73 Å². The van der Waals surface area contributed by atoms with Crippen LogP contribution in [0.5, 0.6) is 11.6 Å². The van der Waals surface area contributed by atoms with Gasteiger partial charge in [-0.15, -0.1) is 0 Å². The highest BCUT2D eigenvalue weighted by Gasteiger charge is 2.31. The molecule has 4 nitrogen and oxygen atoms in total. The van der Waals surface area contributed by atoms with Gasteiger partial charge in [0.25, 0.3) is 0 Å². The molecule has 2 aromatic heterocycles. The van der Waals surface area contributed by atoms with Crippen molar-refractivity contribution in [2.45, 2.75) is 6.18 Å². The summed E-state index contributed by atoms with van der Waals surface area (Å²) in [4.78, 5) is 8.79. The van der Waals surface area contributed by atoms with Crippen molar-refractivity contribution in [3.05, 3.63) is 40.9 Å². The molecule has 0 aliphatic heterocycles. The third kappa shape index (κ3) is 2.93. The molecule has 0 saturated heterocycles. The Bertz CT molecular complexity index is 850. The van der Waals surface area contributed by atoms with Gasteiger partial charge >= 0.3 is 6.18 Å². The molecule has 114 valence electrons. The van der Waals surface area contributed by atoms with Crippen molar-refractivity contribution in [1.82, 2.24) is 9.97 Å². The molecule has 1 aromatic carbocycles. The largest absolute Gasteiger partial charge is 0.437 e. The maximum absolute atomic E-state index is 12.6. The van der Waals surface area contributed by atoms with Gasteiger partial charge in [0.1, 0.15) is 16.1 Å². The molecule has 0 aliphatic rings. The molecule has 0 fully saturated rings. The molecule has 0 saturated carbocycles. The molecule has 0 amide bonds. The Hall–Kier alpha value is -2.06. The van der Waals surface area contributed by atoms with E-state index in [2.05, 4.69) is 9.97 Å². The number of nitrogens with zero attached hydrogens (tertiary/aromatic N) is 2. The molecule has 3 aromatic rings. The van der Waals surface area contributed by atoms with Crippen molar-refractivity contribution in [3.63, 3.8) is 0 Å². The second-order valence-electron chi connectivity index (χ2n) is 4.27. The summed E-state index contributed by atoms with van der Waals surface area (Å²) in [7, 11) is 0. The highest BCUT2D eigenvalue weighted by molar-refractivity contribution is 7.21. The van der Waals surface area contributed by atoms with Gasteiger partial charge in [0.2, 0.25) is 5.88 Å². The molecular weight excluding hydrogens is 339 g/mol. The van der Waals surface area contributed by atoms with Gasteiger partial charge < -0.3 is 10.5 Å². The number of thiazole rings is 1. The lowest BCUT2D eigenvalue weighted by atomic mass is 10.2. The van der Waals surface area contributed by atoms with E-state index < -0.39 is 11.7 Å². The number of anilines is 1. The lowest BCUT2D eigenvalue weighted by molar-refractivity contribution is -0.137. The quantitative estimate of drug-likeness (QED) is 0.728. The number of nitrogen functional groups attached to an aromatic ring is 1. The van der Waals surface area contributed by atoms with Crippen LogP contribution in [-0.2, 0) is 6.18 Å². The van der Waals surface area contributed by atoms with Crippen molar-refractivity contribution < 1.29 is 17.9 Å². The molecule has 22 heavy (non-hydrogen) atoms.